The minimum Gasteiger partial charge on any atom is -0.497 e. The van der Waals surface area contributed by atoms with Crippen LogP contribution in [0.1, 0.15) is 11.1 Å². The minimum atomic E-state index is -4.45. The summed E-state index contributed by atoms with van der Waals surface area (Å²) in [5, 5.41) is 2.76. The molecule has 2 aromatic carbocycles. The Morgan fingerprint density at radius 2 is 1.81 bits per heavy atom. The van der Waals surface area contributed by atoms with Gasteiger partial charge in [0.2, 0.25) is 5.95 Å². The molecule has 3 aromatic rings. The molecule has 27 heavy (non-hydrogen) atoms. The van der Waals surface area contributed by atoms with E-state index < -0.39 is 17.3 Å². The molecule has 0 unspecified atom stereocenters. The van der Waals surface area contributed by atoms with Gasteiger partial charge in [0.15, 0.2) is 0 Å². The maximum absolute atomic E-state index is 13.1. The molecule has 0 aliphatic rings. The number of H-pyrrole nitrogens is 1. The molecule has 0 atom stereocenters. The second-order valence-electron chi connectivity index (χ2n) is 5.72. The van der Waals surface area contributed by atoms with Crippen molar-refractivity contribution >= 4 is 5.95 Å². The van der Waals surface area contributed by atoms with Crippen molar-refractivity contribution in [2.75, 3.05) is 12.4 Å². The largest absolute Gasteiger partial charge is 0.497 e. The highest BCUT2D eigenvalue weighted by atomic mass is 19.4. The van der Waals surface area contributed by atoms with Crippen LogP contribution in [0.4, 0.5) is 19.1 Å². The Kier molecular flexibility index (Phi) is 5.16. The Labute approximate surface area is 152 Å². The Balaban J connectivity index is 1.84. The molecule has 2 N–H and O–H groups in total. The summed E-state index contributed by atoms with van der Waals surface area (Å²) in [6, 6.07) is 13.5. The van der Waals surface area contributed by atoms with Crippen molar-refractivity contribution in [2.24, 2.45) is 0 Å². The van der Waals surface area contributed by atoms with Gasteiger partial charge in [-0.15, -0.1) is 0 Å². The van der Waals surface area contributed by atoms with Crippen molar-refractivity contribution in [2.45, 2.75) is 12.7 Å². The molecule has 0 radical (unpaired) electrons. The standard InChI is InChI=1S/C19H16F3N3O2/c1-27-14-8-6-12(7-9-14)16-10-17(26)25-18(24-16)23-11-13-4-2-3-5-15(13)19(20,21)22/h2-10H,11H2,1H3,(H2,23,24,25,26). The molecule has 0 spiro atoms. The molecule has 8 heteroatoms. The number of hydrogen-bond acceptors (Lipinski definition) is 4. The van der Waals surface area contributed by atoms with E-state index in [1.54, 1.807) is 31.4 Å². The SMILES string of the molecule is COc1ccc(-c2cc(=O)[nH]c(NCc3ccccc3C(F)(F)F)n2)cc1. The Bertz CT molecular complexity index is 982. The van der Waals surface area contributed by atoms with Gasteiger partial charge in [-0.05, 0) is 35.9 Å². The van der Waals surface area contributed by atoms with E-state index in [-0.39, 0.29) is 18.1 Å². The molecule has 3 rings (SSSR count). The van der Waals surface area contributed by atoms with Crippen LogP contribution < -0.4 is 15.6 Å². The van der Waals surface area contributed by atoms with Crippen LogP contribution in [0.15, 0.2) is 59.4 Å². The summed E-state index contributed by atoms with van der Waals surface area (Å²) in [6.07, 6.45) is -4.45. The van der Waals surface area contributed by atoms with E-state index in [1.807, 2.05) is 0 Å². The fourth-order valence-electron chi connectivity index (χ4n) is 2.58. The van der Waals surface area contributed by atoms with Gasteiger partial charge in [0.05, 0.1) is 18.4 Å². The van der Waals surface area contributed by atoms with Gasteiger partial charge in [-0.2, -0.15) is 13.2 Å². The highest BCUT2D eigenvalue weighted by Gasteiger charge is 2.32. The number of aromatic nitrogens is 2. The molecule has 0 fully saturated rings. The topological polar surface area (TPSA) is 67.0 Å². The third-order valence-electron chi connectivity index (χ3n) is 3.90. The number of methoxy groups -OCH3 is 1. The van der Waals surface area contributed by atoms with Crippen LogP contribution in [0.2, 0.25) is 0 Å². The lowest BCUT2D eigenvalue weighted by molar-refractivity contribution is -0.138. The minimum absolute atomic E-state index is 0.0579. The van der Waals surface area contributed by atoms with E-state index in [2.05, 4.69) is 15.3 Å². The zero-order valence-corrected chi connectivity index (χ0v) is 14.3. The smallest absolute Gasteiger partial charge is 0.416 e. The van der Waals surface area contributed by atoms with Crippen LogP contribution in [0.3, 0.4) is 0 Å². The van der Waals surface area contributed by atoms with Gasteiger partial charge < -0.3 is 10.1 Å². The van der Waals surface area contributed by atoms with E-state index in [0.29, 0.717) is 17.0 Å². The molecule has 5 nitrogen and oxygen atoms in total. The normalized spacial score (nSPS) is 11.3. The molecule has 0 amide bonds. The van der Waals surface area contributed by atoms with Crippen LogP contribution >= 0.6 is 0 Å². The zero-order valence-electron chi connectivity index (χ0n) is 14.3. The van der Waals surface area contributed by atoms with Crippen LogP contribution in [0.5, 0.6) is 5.75 Å². The van der Waals surface area contributed by atoms with Crippen LogP contribution in [-0.2, 0) is 12.7 Å². The molecule has 0 saturated carbocycles. The molecule has 0 aliphatic heterocycles. The van der Waals surface area contributed by atoms with Gasteiger partial charge in [0.25, 0.3) is 5.56 Å². The predicted molar refractivity (Wildman–Crippen MR) is 95.6 cm³/mol. The summed E-state index contributed by atoms with van der Waals surface area (Å²) < 4.78 is 44.3. The molecule has 0 saturated heterocycles. The van der Waals surface area contributed by atoms with Gasteiger partial charge in [-0.25, -0.2) is 4.98 Å². The predicted octanol–water partition coefficient (Wildman–Crippen LogP) is 4.08. The molecular formula is C19H16F3N3O2. The maximum atomic E-state index is 13.1. The first-order valence-electron chi connectivity index (χ1n) is 8.01. The van der Waals surface area contributed by atoms with Gasteiger partial charge in [0.1, 0.15) is 5.75 Å². The Morgan fingerprint density at radius 3 is 2.48 bits per heavy atom. The highest BCUT2D eigenvalue weighted by Crippen LogP contribution is 2.32. The summed E-state index contributed by atoms with van der Waals surface area (Å²) in [7, 11) is 1.54. The second kappa shape index (κ2) is 7.53. The van der Waals surface area contributed by atoms with E-state index in [4.69, 9.17) is 4.74 Å². The van der Waals surface area contributed by atoms with Gasteiger partial charge in [-0.3, -0.25) is 9.78 Å². The van der Waals surface area contributed by atoms with Crippen molar-refractivity contribution in [1.82, 2.24) is 9.97 Å². The lowest BCUT2D eigenvalue weighted by atomic mass is 10.1. The van der Waals surface area contributed by atoms with E-state index >= 15 is 0 Å². The molecular weight excluding hydrogens is 359 g/mol. The third-order valence-corrected chi connectivity index (χ3v) is 3.90. The van der Waals surface area contributed by atoms with Crippen molar-refractivity contribution in [1.29, 1.82) is 0 Å². The molecule has 1 heterocycles. The number of ether oxygens (including phenoxy) is 1. The number of halogens is 3. The number of anilines is 1. The third kappa shape index (κ3) is 4.46. The van der Waals surface area contributed by atoms with Crippen LogP contribution in [0, 0.1) is 0 Å². The van der Waals surface area contributed by atoms with Crippen LogP contribution in [0.25, 0.3) is 11.3 Å². The van der Waals surface area contributed by atoms with Crippen molar-refractivity contribution in [3.63, 3.8) is 0 Å². The van der Waals surface area contributed by atoms with E-state index in [1.165, 1.54) is 24.3 Å². The number of nitrogens with one attached hydrogen (secondary N) is 2. The average Bonchev–Trinajstić information content (AvgIpc) is 2.65. The summed E-state index contributed by atoms with van der Waals surface area (Å²) >= 11 is 0. The number of alkyl halides is 3. The van der Waals surface area contributed by atoms with E-state index in [0.717, 1.165) is 6.07 Å². The lowest BCUT2D eigenvalue weighted by Crippen LogP contribution is -2.15. The van der Waals surface area contributed by atoms with Gasteiger partial charge >= 0.3 is 6.18 Å². The number of aromatic amines is 1. The van der Waals surface area contributed by atoms with Gasteiger partial charge in [0, 0.05) is 18.2 Å². The van der Waals surface area contributed by atoms with Gasteiger partial charge in [-0.1, -0.05) is 18.2 Å². The Morgan fingerprint density at radius 1 is 1.11 bits per heavy atom. The number of benzene rings is 2. The maximum Gasteiger partial charge on any atom is 0.416 e. The summed E-state index contributed by atoms with van der Waals surface area (Å²) in [6.45, 7) is -0.134. The zero-order chi connectivity index (χ0) is 19.4. The molecule has 140 valence electrons. The second-order valence-corrected chi connectivity index (χ2v) is 5.72. The average molecular weight is 375 g/mol. The number of rotatable bonds is 5. The summed E-state index contributed by atoms with van der Waals surface area (Å²) in [4.78, 5) is 18.7. The van der Waals surface area contributed by atoms with Crippen molar-refractivity contribution < 1.29 is 17.9 Å². The number of hydrogen-bond donors (Lipinski definition) is 2. The highest BCUT2D eigenvalue weighted by molar-refractivity contribution is 5.61. The first-order chi connectivity index (χ1) is 12.9. The fraction of sp³-hybridized carbons (Fsp3) is 0.158. The van der Waals surface area contributed by atoms with E-state index in [9.17, 15) is 18.0 Å². The first-order valence-corrected chi connectivity index (χ1v) is 8.01. The fourth-order valence-corrected chi connectivity index (χ4v) is 2.58. The van der Waals surface area contributed by atoms with Crippen molar-refractivity contribution in [3.05, 3.63) is 76.1 Å². The summed E-state index contributed by atoms with van der Waals surface area (Å²) in [5.41, 5.74) is -0.00951. The first kappa shape index (κ1) is 18.5. The molecule has 0 aliphatic carbocycles. The lowest BCUT2D eigenvalue weighted by Gasteiger charge is -2.13. The quantitative estimate of drug-likeness (QED) is 0.705. The molecule has 0 bridgehead atoms. The van der Waals surface area contributed by atoms with Crippen molar-refractivity contribution in [3.8, 4) is 17.0 Å². The molecule has 1 aromatic heterocycles. The monoisotopic (exact) mass is 375 g/mol. The Hall–Kier alpha value is -3.29. The summed E-state index contributed by atoms with van der Waals surface area (Å²) in [5.74, 6) is 0.746. The number of nitrogens with zero attached hydrogens (tertiary/aromatic N) is 1. The van der Waals surface area contributed by atoms with Crippen LogP contribution in [-0.4, -0.2) is 17.1 Å².